The fraction of sp³-hybridized carbons (Fsp3) is 0.462. The monoisotopic (exact) mass is 260 g/mol. The van der Waals surface area contributed by atoms with Crippen LogP contribution < -0.4 is 0 Å². The van der Waals surface area contributed by atoms with Gasteiger partial charge in [-0.15, -0.1) is 0 Å². The van der Waals surface area contributed by atoms with Crippen molar-refractivity contribution in [3.05, 3.63) is 23.7 Å². The summed E-state index contributed by atoms with van der Waals surface area (Å²) in [6, 6.07) is 4.69. The lowest BCUT2D eigenvalue weighted by Crippen LogP contribution is -2.18. The van der Waals surface area contributed by atoms with E-state index in [1.807, 2.05) is 12.3 Å². The highest BCUT2D eigenvalue weighted by Gasteiger charge is 2.24. The third kappa shape index (κ3) is 1.85. The first-order chi connectivity index (χ1) is 8.79. The third-order valence-corrected chi connectivity index (χ3v) is 3.98. The number of hydrogen-bond donors (Lipinski definition) is 0. The fourth-order valence-corrected chi connectivity index (χ4v) is 2.96. The van der Waals surface area contributed by atoms with Crippen LogP contribution in [0.1, 0.15) is 31.7 Å². The Hall–Kier alpha value is -1.60. The van der Waals surface area contributed by atoms with E-state index in [1.54, 1.807) is 0 Å². The molecule has 4 nitrogen and oxygen atoms in total. The van der Waals surface area contributed by atoms with Crippen molar-refractivity contribution < 1.29 is 0 Å². The van der Waals surface area contributed by atoms with E-state index >= 15 is 0 Å². The molecule has 0 radical (unpaired) electrons. The highest BCUT2D eigenvalue weighted by atomic mass is 35.5. The van der Waals surface area contributed by atoms with Crippen LogP contribution in [0.25, 0.3) is 11.0 Å². The van der Waals surface area contributed by atoms with Gasteiger partial charge in [0.15, 0.2) is 0 Å². The predicted molar refractivity (Wildman–Crippen MR) is 69.1 cm³/mol. The zero-order valence-electron chi connectivity index (χ0n) is 9.88. The van der Waals surface area contributed by atoms with E-state index in [9.17, 15) is 0 Å². The van der Waals surface area contributed by atoms with E-state index in [0.29, 0.717) is 11.2 Å². The highest BCUT2D eigenvalue weighted by Crippen LogP contribution is 2.34. The number of nitrogens with zero attached hydrogens (tertiary/aromatic N) is 4. The molecule has 0 aliphatic heterocycles. The Bertz CT molecular complexity index is 613. The van der Waals surface area contributed by atoms with Crippen molar-refractivity contribution in [3.63, 3.8) is 0 Å². The lowest BCUT2D eigenvalue weighted by atomic mass is 9.86. The number of rotatable bonds is 1. The molecule has 1 saturated carbocycles. The molecule has 0 bridgehead atoms. The minimum atomic E-state index is 0.165. The molecule has 1 aliphatic carbocycles. The zero-order valence-corrected chi connectivity index (χ0v) is 10.6. The molecule has 0 saturated heterocycles. The van der Waals surface area contributed by atoms with Crippen LogP contribution in [0.15, 0.2) is 18.6 Å². The number of aromatic nitrogens is 3. The largest absolute Gasteiger partial charge is 0.329 e. The summed E-state index contributed by atoms with van der Waals surface area (Å²) in [4.78, 5) is 8.30. The maximum atomic E-state index is 9.06. The summed E-state index contributed by atoms with van der Waals surface area (Å²) in [6.45, 7) is 0. The number of nitriles is 1. The minimum Gasteiger partial charge on any atom is -0.329 e. The summed E-state index contributed by atoms with van der Waals surface area (Å²) in [5.74, 6) is 0.165. The van der Waals surface area contributed by atoms with Crippen molar-refractivity contribution in [2.24, 2.45) is 5.92 Å². The van der Waals surface area contributed by atoms with Crippen molar-refractivity contribution in [2.75, 3.05) is 0 Å². The molecule has 18 heavy (non-hydrogen) atoms. The molecule has 0 N–H and O–H groups in total. The normalized spacial score (nSPS) is 24.0. The second-order valence-electron chi connectivity index (χ2n) is 4.77. The third-order valence-electron chi connectivity index (χ3n) is 3.68. The van der Waals surface area contributed by atoms with Gasteiger partial charge in [0.2, 0.25) is 0 Å². The molecular formula is C13H13ClN4. The zero-order chi connectivity index (χ0) is 12.5. The molecule has 92 valence electrons. The summed E-state index contributed by atoms with van der Waals surface area (Å²) < 4.78 is 2.15. The Labute approximate surface area is 110 Å². The van der Waals surface area contributed by atoms with Gasteiger partial charge >= 0.3 is 0 Å². The van der Waals surface area contributed by atoms with Crippen molar-refractivity contribution in [2.45, 2.75) is 31.7 Å². The van der Waals surface area contributed by atoms with Crippen molar-refractivity contribution in [1.82, 2.24) is 14.5 Å². The molecule has 3 rings (SSSR count). The van der Waals surface area contributed by atoms with Crippen LogP contribution in [0.4, 0.5) is 0 Å². The second-order valence-corrected chi connectivity index (χ2v) is 5.13. The fourth-order valence-electron chi connectivity index (χ4n) is 2.77. The average Bonchev–Trinajstić information content (AvgIpc) is 2.84. The molecule has 2 atom stereocenters. The topological polar surface area (TPSA) is 54.5 Å². The first kappa shape index (κ1) is 11.5. The first-order valence-electron chi connectivity index (χ1n) is 6.16. The van der Waals surface area contributed by atoms with Crippen LogP contribution >= 0.6 is 11.6 Å². The van der Waals surface area contributed by atoms with Crippen molar-refractivity contribution >= 4 is 22.6 Å². The first-order valence-corrected chi connectivity index (χ1v) is 6.54. The van der Waals surface area contributed by atoms with E-state index in [0.717, 1.165) is 36.7 Å². The molecular weight excluding hydrogens is 248 g/mol. The molecule has 2 unspecified atom stereocenters. The van der Waals surface area contributed by atoms with Gasteiger partial charge < -0.3 is 4.57 Å². The Balaban J connectivity index is 2.00. The van der Waals surface area contributed by atoms with E-state index in [-0.39, 0.29) is 5.92 Å². The molecule has 1 aliphatic rings. The Morgan fingerprint density at radius 3 is 3.11 bits per heavy atom. The van der Waals surface area contributed by atoms with Crippen LogP contribution in [-0.2, 0) is 0 Å². The van der Waals surface area contributed by atoms with Gasteiger partial charge in [-0.25, -0.2) is 9.97 Å². The molecule has 0 amide bonds. The van der Waals surface area contributed by atoms with Gasteiger partial charge in [-0.05, 0) is 25.3 Å². The van der Waals surface area contributed by atoms with Gasteiger partial charge in [-0.2, -0.15) is 5.26 Å². The van der Waals surface area contributed by atoms with Crippen molar-refractivity contribution in [1.29, 1.82) is 5.26 Å². The summed E-state index contributed by atoms with van der Waals surface area (Å²) in [5.41, 5.74) is 0.874. The van der Waals surface area contributed by atoms with Crippen LogP contribution in [0.3, 0.4) is 0 Å². The number of hydrogen-bond acceptors (Lipinski definition) is 3. The minimum absolute atomic E-state index is 0.165. The van der Waals surface area contributed by atoms with E-state index < -0.39 is 0 Å². The van der Waals surface area contributed by atoms with Gasteiger partial charge in [0.05, 0.1) is 11.5 Å². The lowest BCUT2D eigenvalue weighted by molar-refractivity contribution is 0.313. The molecule has 2 aromatic heterocycles. The maximum Gasteiger partial charge on any atom is 0.145 e. The summed E-state index contributed by atoms with van der Waals surface area (Å²) in [6.07, 6.45) is 7.62. The van der Waals surface area contributed by atoms with Crippen LogP contribution in [0.2, 0.25) is 5.15 Å². The van der Waals surface area contributed by atoms with Crippen molar-refractivity contribution in [3.8, 4) is 6.07 Å². The SMILES string of the molecule is N#CC1CCCC(n2ccc3c(Cl)ncnc32)C1. The van der Waals surface area contributed by atoms with E-state index in [1.165, 1.54) is 6.33 Å². The molecule has 1 fully saturated rings. The molecule has 2 aromatic rings. The summed E-state index contributed by atoms with van der Waals surface area (Å²) >= 11 is 6.05. The quantitative estimate of drug-likeness (QED) is 0.739. The van der Waals surface area contributed by atoms with Crippen LogP contribution in [0.5, 0.6) is 0 Å². The average molecular weight is 261 g/mol. The number of halogens is 1. The van der Waals surface area contributed by atoms with Crippen LogP contribution in [-0.4, -0.2) is 14.5 Å². The number of fused-ring (bicyclic) bond motifs is 1. The standard InChI is InChI=1S/C13H13ClN4/c14-12-11-4-5-18(13(11)17-8-16-12)10-3-1-2-9(6-10)7-15/h4-5,8-10H,1-3,6H2. The highest BCUT2D eigenvalue weighted by molar-refractivity contribution is 6.33. The smallest absolute Gasteiger partial charge is 0.145 e. The Morgan fingerprint density at radius 1 is 1.39 bits per heavy atom. The predicted octanol–water partition coefficient (Wildman–Crippen LogP) is 3.34. The molecule has 2 heterocycles. The Morgan fingerprint density at radius 2 is 2.28 bits per heavy atom. The van der Waals surface area contributed by atoms with Gasteiger partial charge in [-0.1, -0.05) is 18.0 Å². The Kier molecular flexibility index (Phi) is 2.92. The summed E-state index contributed by atoms with van der Waals surface area (Å²) in [5, 5.41) is 10.4. The maximum absolute atomic E-state index is 9.06. The van der Waals surface area contributed by atoms with Gasteiger partial charge in [0.1, 0.15) is 17.1 Å². The molecule has 0 aromatic carbocycles. The van der Waals surface area contributed by atoms with Gasteiger partial charge in [0, 0.05) is 18.2 Å². The van der Waals surface area contributed by atoms with Crippen LogP contribution in [0, 0.1) is 17.2 Å². The summed E-state index contributed by atoms with van der Waals surface area (Å²) in [7, 11) is 0. The molecule has 0 spiro atoms. The van der Waals surface area contributed by atoms with E-state index in [2.05, 4.69) is 20.6 Å². The van der Waals surface area contributed by atoms with Gasteiger partial charge in [-0.3, -0.25) is 0 Å². The molecule has 5 heteroatoms. The lowest BCUT2D eigenvalue weighted by Gasteiger charge is -2.26. The van der Waals surface area contributed by atoms with E-state index in [4.69, 9.17) is 16.9 Å². The van der Waals surface area contributed by atoms with Gasteiger partial charge in [0.25, 0.3) is 0 Å². The second kappa shape index (κ2) is 4.58.